The first-order valence-corrected chi connectivity index (χ1v) is 4.64. The fourth-order valence-electron chi connectivity index (χ4n) is 0.725. The number of nitrogens with one attached hydrogen (secondary N) is 1. The van der Waals surface area contributed by atoms with Crippen LogP contribution in [-0.2, 0) is 0 Å². The molecule has 0 aromatic carbocycles. The second kappa shape index (κ2) is 5.53. The fraction of sp³-hybridized carbons (Fsp3) is 0.250. The Morgan fingerprint density at radius 3 is 2.46 bits per heavy atom. The summed E-state index contributed by atoms with van der Waals surface area (Å²) in [7, 11) is 0. The van der Waals surface area contributed by atoms with Crippen LogP contribution in [0.15, 0.2) is 16.9 Å². The quantitative estimate of drug-likeness (QED) is 0.400. The number of pyridine rings is 1. The van der Waals surface area contributed by atoms with Crippen LogP contribution in [0.2, 0.25) is 0 Å². The van der Waals surface area contributed by atoms with Crippen LogP contribution in [0.3, 0.4) is 0 Å². The van der Waals surface area contributed by atoms with Gasteiger partial charge in [-0.1, -0.05) is 13.8 Å². The first-order chi connectivity index (χ1) is 6.15. The van der Waals surface area contributed by atoms with Crippen LogP contribution in [0.25, 0.3) is 0 Å². The van der Waals surface area contributed by atoms with Crippen molar-refractivity contribution in [3.63, 3.8) is 0 Å². The Hall–Kier alpha value is -1.10. The number of anilines is 1. The highest BCUT2D eigenvalue weighted by Crippen LogP contribution is 2.16. The van der Waals surface area contributed by atoms with Crippen molar-refractivity contribution in [1.82, 2.24) is 0 Å². The predicted octanol–water partition coefficient (Wildman–Crippen LogP) is 1.58. The van der Waals surface area contributed by atoms with Crippen LogP contribution >= 0.6 is 15.9 Å². The van der Waals surface area contributed by atoms with Crippen LogP contribution in [0.1, 0.15) is 19.4 Å². The van der Waals surface area contributed by atoms with Gasteiger partial charge in [-0.3, -0.25) is 5.21 Å². The highest BCUT2D eigenvalue weighted by atomic mass is 79.9. The molecular weight excluding hydrogens is 234 g/mol. The van der Waals surface area contributed by atoms with Gasteiger partial charge in [0.1, 0.15) is 5.69 Å². The molecule has 4 nitrogen and oxygen atoms in total. The molecule has 0 amide bonds. The van der Waals surface area contributed by atoms with E-state index in [1.807, 2.05) is 13.8 Å². The zero-order chi connectivity index (χ0) is 10.4. The molecule has 1 aromatic rings. The maximum Gasteiger partial charge on any atom is 0.245 e. The van der Waals surface area contributed by atoms with Crippen LogP contribution < -0.4 is 10.5 Å². The van der Waals surface area contributed by atoms with Crippen LogP contribution in [0, 0.1) is 5.41 Å². The van der Waals surface area contributed by atoms with Gasteiger partial charge in [0, 0.05) is 16.5 Å². The third kappa shape index (κ3) is 3.02. The number of halogens is 1. The highest BCUT2D eigenvalue weighted by Gasteiger charge is 2.09. The molecule has 0 saturated heterocycles. The minimum atomic E-state index is 0.358. The molecule has 0 fully saturated rings. The number of aromatic nitrogens is 1. The normalized spacial score (nSPS) is 8.54. The van der Waals surface area contributed by atoms with Gasteiger partial charge in [0.05, 0.1) is 4.47 Å². The standard InChI is InChI=1S/C6H7BrN3O.C2H6/c7-5-2-10(11)3-6(9)4(5)1-8;1-2/h1-3,8,11H,9H2;1-2H3/q+1;. The van der Waals surface area contributed by atoms with Crippen LogP contribution in [0.5, 0.6) is 0 Å². The lowest BCUT2D eigenvalue weighted by molar-refractivity contribution is -0.904. The van der Waals surface area contributed by atoms with Crippen LogP contribution in [0.4, 0.5) is 5.69 Å². The van der Waals surface area contributed by atoms with E-state index in [9.17, 15) is 0 Å². The molecule has 0 atom stereocenters. The molecule has 4 N–H and O–H groups in total. The Morgan fingerprint density at radius 1 is 1.54 bits per heavy atom. The SMILES string of the molecule is CC.N=Cc1c(N)c[n+](O)cc1Br. The summed E-state index contributed by atoms with van der Waals surface area (Å²) in [6, 6.07) is 0. The fourth-order valence-corrected chi connectivity index (χ4v) is 1.28. The molecule has 0 unspecified atom stereocenters. The Balaban J connectivity index is 0.000000671. The maximum atomic E-state index is 8.95. The Labute approximate surface area is 85.6 Å². The topological polar surface area (TPSA) is 74.0 Å². The molecule has 1 rings (SSSR count). The second-order valence-electron chi connectivity index (χ2n) is 2.00. The van der Waals surface area contributed by atoms with Gasteiger partial charge in [-0.05, 0) is 15.9 Å². The van der Waals surface area contributed by atoms with Gasteiger partial charge in [-0.15, -0.1) is 0 Å². The first kappa shape index (κ1) is 11.9. The van der Waals surface area contributed by atoms with Crippen molar-refractivity contribution in [2.45, 2.75) is 13.8 Å². The molecule has 0 aliphatic rings. The number of nitrogens with zero attached hydrogens (tertiary/aromatic N) is 1. The maximum absolute atomic E-state index is 8.95. The van der Waals surface area contributed by atoms with Crippen molar-refractivity contribution in [1.29, 1.82) is 5.41 Å². The highest BCUT2D eigenvalue weighted by molar-refractivity contribution is 9.10. The van der Waals surface area contributed by atoms with E-state index in [-0.39, 0.29) is 0 Å². The van der Waals surface area contributed by atoms with Gasteiger partial charge in [0.2, 0.25) is 12.4 Å². The lowest BCUT2D eigenvalue weighted by Gasteiger charge is -1.96. The van der Waals surface area contributed by atoms with E-state index in [0.717, 1.165) is 10.9 Å². The summed E-state index contributed by atoms with van der Waals surface area (Å²) in [5.41, 5.74) is 6.39. The molecule has 0 bridgehead atoms. The molecule has 13 heavy (non-hydrogen) atoms. The smallest absolute Gasteiger partial charge is 0.245 e. The number of nitrogen functional groups attached to an aromatic ring is 1. The summed E-state index contributed by atoms with van der Waals surface area (Å²) in [6.45, 7) is 4.00. The first-order valence-electron chi connectivity index (χ1n) is 3.85. The molecule has 0 saturated carbocycles. The van der Waals surface area contributed by atoms with E-state index in [0.29, 0.717) is 15.7 Å². The summed E-state index contributed by atoms with van der Waals surface area (Å²) in [6.07, 6.45) is 3.86. The lowest BCUT2D eigenvalue weighted by Crippen LogP contribution is -2.30. The summed E-state index contributed by atoms with van der Waals surface area (Å²) in [5.74, 6) is 0. The van der Waals surface area contributed by atoms with E-state index >= 15 is 0 Å². The Kier molecular flexibility index (Phi) is 5.06. The van der Waals surface area contributed by atoms with E-state index in [1.54, 1.807) is 0 Å². The Bertz CT molecular complexity index is 278. The lowest BCUT2D eigenvalue weighted by atomic mass is 10.2. The van der Waals surface area contributed by atoms with E-state index in [2.05, 4.69) is 15.9 Å². The number of nitrogens with two attached hydrogens (primary N) is 1. The minimum absolute atomic E-state index is 0.358. The van der Waals surface area contributed by atoms with Gasteiger partial charge in [0.25, 0.3) is 0 Å². The molecule has 72 valence electrons. The van der Waals surface area contributed by atoms with Crippen molar-refractivity contribution in [3.05, 3.63) is 22.4 Å². The minimum Gasteiger partial charge on any atom is -0.393 e. The number of rotatable bonds is 1. The van der Waals surface area contributed by atoms with Gasteiger partial charge in [-0.2, -0.15) is 0 Å². The zero-order valence-corrected chi connectivity index (χ0v) is 9.17. The third-order valence-corrected chi connectivity index (χ3v) is 1.86. The molecule has 1 heterocycles. The average Bonchev–Trinajstić information content (AvgIpc) is 2.07. The van der Waals surface area contributed by atoms with E-state index in [4.69, 9.17) is 16.4 Å². The molecule has 0 aliphatic heterocycles. The van der Waals surface area contributed by atoms with Gasteiger partial charge in [-0.25, -0.2) is 0 Å². The van der Waals surface area contributed by atoms with E-state index in [1.165, 1.54) is 12.4 Å². The van der Waals surface area contributed by atoms with Gasteiger partial charge < -0.3 is 11.1 Å². The monoisotopic (exact) mass is 246 g/mol. The van der Waals surface area contributed by atoms with E-state index < -0.39 is 0 Å². The molecule has 1 aromatic heterocycles. The summed E-state index contributed by atoms with van der Waals surface area (Å²) in [5, 5.41) is 15.9. The third-order valence-electron chi connectivity index (χ3n) is 1.23. The van der Waals surface area contributed by atoms with Gasteiger partial charge >= 0.3 is 0 Å². The summed E-state index contributed by atoms with van der Waals surface area (Å²) >= 11 is 3.15. The van der Waals surface area contributed by atoms with Crippen molar-refractivity contribution in [3.8, 4) is 0 Å². The number of hydrogen-bond acceptors (Lipinski definition) is 3. The molecule has 5 heteroatoms. The molecule has 0 aliphatic carbocycles. The van der Waals surface area contributed by atoms with Crippen molar-refractivity contribution in [2.75, 3.05) is 5.73 Å². The average molecular weight is 247 g/mol. The molecule has 0 spiro atoms. The zero-order valence-electron chi connectivity index (χ0n) is 7.58. The van der Waals surface area contributed by atoms with Crippen molar-refractivity contribution >= 4 is 27.8 Å². The van der Waals surface area contributed by atoms with Crippen LogP contribution in [-0.4, -0.2) is 11.4 Å². The summed E-state index contributed by atoms with van der Waals surface area (Å²) in [4.78, 5) is 0. The van der Waals surface area contributed by atoms with Gasteiger partial charge in [0.15, 0.2) is 0 Å². The number of hydrogen-bond donors (Lipinski definition) is 3. The molecule has 0 radical (unpaired) electrons. The summed E-state index contributed by atoms with van der Waals surface area (Å²) < 4.78 is 1.43. The largest absolute Gasteiger partial charge is 0.393 e. The molecular formula is C8H13BrN3O+. The predicted molar refractivity (Wildman–Crippen MR) is 55.2 cm³/mol. The van der Waals surface area contributed by atoms with Crippen molar-refractivity contribution < 1.29 is 9.94 Å². The Morgan fingerprint density at radius 2 is 2.08 bits per heavy atom. The van der Waals surface area contributed by atoms with Crippen molar-refractivity contribution in [2.24, 2.45) is 0 Å². The second-order valence-corrected chi connectivity index (χ2v) is 2.85.